The summed E-state index contributed by atoms with van der Waals surface area (Å²) < 4.78 is 0. The molecule has 0 N–H and O–H groups in total. The zero-order valence-corrected chi connectivity index (χ0v) is 18.1. The van der Waals surface area contributed by atoms with Gasteiger partial charge in [-0.1, -0.05) is 81.6 Å². The van der Waals surface area contributed by atoms with Crippen LogP contribution in [0.4, 0.5) is 0 Å². The van der Waals surface area contributed by atoms with E-state index in [1.54, 1.807) is 0 Å². The minimum Gasteiger partial charge on any atom is -0.134 e. The molecular formula is C21H43P. The van der Waals surface area contributed by atoms with Crippen molar-refractivity contribution < 1.29 is 0 Å². The highest BCUT2D eigenvalue weighted by atomic mass is 31.0. The van der Waals surface area contributed by atoms with E-state index in [0.717, 1.165) is 17.8 Å². The largest absolute Gasteiger partial charge is 0.134 e. The van der Waals surface area contributed by atoms with E-state index in [0.29, 0.717) is 21.9 Å². The van der Waals surface area contributed by atoms with Gasteiger partial charge in [0, 0.05) is 0 Å². The Morgan fingerprint density at radius 3 is 1.73 bits per heavy atom. The lowest BCUT2D eigenvalue weighted by atomic mass is 9.51. The molecule has 1 heteroatoms. The summed E-state index contributed by atoms with van der Waals surface area (Å²) in [6.07, 6.45) is 7.04. The first kappa shape index (κ1) is 20.5. The summed E-state index contributed by atoms with van der Waals surface area (Å²) in [4.78, 5) is 0. The summed E-state index contributed by atoms with van der Waals surface area (Å²) in [5, 5.41) is 0. The molecule has 0 bridgehead atoms. The molecule has 22 heavy (non-hydrogen) atoms. The second-order valence-electron chi connectivity index (χ2n) is 9.76. The molecule has 1 aliphatic carbocycles. The van der Waals surface area contributed by atoms with Crippen LogP contribution in [0.5, 0.6) is 0 Å². The van der Waals surface area contributed by atoms with Gasteiger partial charge in [0.25, 0.3) is 0 Å². The van der Waals surface area contributed by atoms with Crippen molar-refractivity contribution in [2.45, 2.75) is 100 Å². The Morgan fingerprint density at radius 2 is 1.41 bits per heavy atom. The van der Waals surface area contributed by atoms with Gasteiger partial charge in [0.1, 0.15) is 0 Å². The van der Waals surface area contributed by atoms with Crippen molar-refractivity contribution in [3.8, 4) is 0 Å². The molecule has 0 spiro atoms. The van der Waals surface area contributed by atoms with Crippen molar-refractivity contribution in [2.75, 3.05) is 0 Å². The minimum atomic E-state index is 0.406. The van der Waals surface area contributed by atoms with Crippen LogP contribution in [0.15, 0.2) is 0 Å². The maximum atomic E-state index is 3.10. The van der Waals surface area contributed by atoms with Gasteiger partial charge in [-0.25, -0.2) is 0 Å². The predicted octanol–water partition coefficient (Wildman–Crippen LogP) is 7.18. The molecular weight excluding hydrogens is 283 g/mol. The molecule has 0 aromatic carbocycles. The standard InChI is InChI=1S/C21H43P/c1-15(2)11-10-12-17(5)20(9,16(3)4)21(13-14-21)19(7,8)18(6)22/h15-18H,10-14,22H2,1-9H3. The first-order valence-electron chi connectivity index (χ1n) is 9.69. The Morgan fingerprint density at radius 1 is 0.909 bits per heavy atom. The maximum Gasteiger partial charge on any atom is -0.0181 e. The van der Waals surface area contributed by atoms with E-state index in [-0.39, 0.29) is 0 Å². The molecule has 0 aliphatic heterocycles. The summed E-state index contributed by atoms with van der Waals surface area (Å²) in [5.41, 5.74) is 2.07. The fourth-order valence-electron chi connectivity index (χ4n) is 5.16. The number of rotatable bonds is 9. The van der Waals surface area contributed by atoms with Gasteiger partial charge in [-0.3, -0.25) is 0 Å². The molecule has 0 radical (unpaired) electrons. The molecule has 132 valence electrons. The van der Waals surface area contributed by atoms with E-state index in [1.807, 2.05) is 0 Å². The zero-order valence-electron chi connectivity index (χ0n) is 16.9. The van der Waals surface area contributed by atoms with E-state index in [9.17, 15) is 0 Å². The van der Waals surface area contributed by atoms with Crippen molar-refractivity contribution in [1.82, 2.24) is 0 Å². The van der Waals surface area contributed by atoms with Crippen LogP contribution >= 0.6 is 9.24 Å². The summed E-state index contributed by atoms with van der Waals surface area (Å²) in [5.74, 6) is 2.42. The van der Waals surface area contributed by atoms with E-state index in [1.165, 1.54) is 32.1 Å². The smallest absolute Gasteiger partial charge is 0.0181 e. The van der Waals surface area contributed by atoms with Crippen LogP contribution in [0.3, 0.4) is 0 Å². The van der Waals surface area contributed by atoms with Gasteiger partial charge in [0.05, 0.1) is 0 Å². The van der Waals surface area contributed by atoms with Crippen LogP contribution in [0.1, 0.15) is 94.4 Å². The molecule has 0 saturated heterocycles. The fourth-order valence-corrected chi connectivity index (χ4v) is 5.48. The first-order valence-corrected chi connectivity index (χ1v) is 10.4. The second-order valence-corrected chi connectivity index (χ2v) is 10.8. The molecule has 1 saturated carbocycles. The second kappa shape index (κ2) is 7.13. The van der Waals surface area contributed by atoms with Gasteiger partial charge >= 0.3 is 0 Å². The lowest BCUT2D eigenvalue weighted by Gasteiger charge is -2.55. The minimum absolute atomic E-state index is 0.406. The quantitative estimate of drug-likeness (QED) is 0.394. The first-order chi connectivity index (χ1) is 9.93. The van der Waals surface area contributed by atoms with Crippen LogP contribution < -0.4 is 0 Å². The molecule has 0 amide bonds. The van der Waals surface area contributed by atoms with Crippen LogP contribution in [0, 0.1) is 34.0 Å². The molecule has 4 atom stereocenters. The summed E-state index contributed by atoms with van der Waals surface area (Å²) in [6.45, 7) is 22.3. The SMILES string of the molecule is CC(C)CCCC(C)C(C)(C(C)C)C1(C(C)(C)C(C)P)CC1. The van der Waals surface area contributed by atoms with E-state index in [2.05, 4.69) is 71.6 Å². The molecule has 0 nitrogen and oxygen atoms in total. The Hall–Kier alpha value is 0.430. The van der Waals surface area contributed by atoms with E-state index < -0.39 is 0 Å². The van der Waals surface area contributed by atoms with Crippen LogP contribution in [-0.2, 0) is 0 Å². The number of hydrogen-bond donors (Lipinski definition) is 0. The molecule has 1 aliphatic rings. The molecule has 1 rings (SSSR count). The highest BCUT2D eigenvalue weighted by molar-refractivity contribution is 7.17. The third-order valence-electron chi connectivity index (χ3n) is 7.79. The van der Waals surface area contributed by atoms with Gasteiger partial charge in [-0.15, -0.1) is 9.24 Å². The Bertz CT molecular complexity index is 349. The zero-order chi connectivity index (χ0) is 17.3. The molecule has 4 unspecified atom stereocenters. The Kier molecular flexibility index (Phi) is 6.63. The van der Waals surface area contributed by atoms with Crippen LogP contribution in [0.25, 0.3) is 0 Å². The van der Waals surface area contributed by atoms with Crippen molar-refractivity contribution >= 4 is 9.24 Å². The van der Waals surface area contributed by atoms with Gasteiger partial charge in [0.15, 0.2) is 0 Å². The van der Waals surface area contributed by atoms with Crippen molar-refractivity contribution in [1.29, 1.82) is 0 Å². The van der Waals surface area contributed by atoms with Gasteiger partial charge in [-0.05, 0) is 52.5 Å². The normalized spacial score (nSPS) is 23.5. The molecule has 1 fully saturated rings. The fraction of sp³-hybridized carbons (Fsp3) is 1.00. The third kappa shape index (κ3) is 3.43. The number of hydrogen-bond acceptors (Lipinski definition) is 0. The topological polar surface area (TPSA) is 0 Å². The van der Waals surface area contributed by atoms with E-state index >= 15 is 0 Å². The van der Waals surface area contributed by atoms with Crippen LogP contribution in [0.2, 0.25) is 0 Å². The lowest BCUT2D eigenvalue weighted by Crippen LogP contribution is -2.50. The van der Waals surface area contributed by atoms with Gasteiger partial charge in [0.2, 0.25) is 0 Å². The molecule has 0 aromatic heterocycles. The Labute approximate surface area is 143 Å². The maximum absolute atomic E-state index is 3.10. The van der Waals surface area contributed by atoms with Crippen molar-refractivity contribution in [3.05, 3.63) is 0 Å². The van der Waals surface area contributed by atoms with Gasteiger partial charge in [-0.2, -0.15) is 0 Å². The monoisotopic (exact) mass is 326 g/mol. The lowest BCUT2D eigenvalue weighted by molar-refractivity contribution is -0.0511. The molecule has 0 heterocycles. The van der Waals surface area contributed by atoms with Gasteiger partial charge < -0.3 is 0 Å². The average Bonchev–Trinajstić information content (AvgIpc) is 3.18. The predicted molar refractivity (Wildman–Crippen MR) is 105 cm³/mol. The third-order valence-corrected chi connectivity index (χ3v) is 8.63. The highest BCUT2D eigenvalue weighted by Crippen LogP contribution is 2.74. The highest BCUT2D eigenvalue weighted by Gasteiger charge is 2.66. The average molecular weight is 327 g/mol. The van der Waals surface area contributed by atoms with Crippen molar-refractivity contribution in [3.63, 3.8) is 0 Å². The summed E-state index contributed by atoms with van der Waals surface area (Å²) >= 11 is 0. The summed E-state index contributed by atoms with van der Waals surface area (Å²) in [6, 6.07) is 0. The summed E-state index contributed by atoms with van der Waals surface area (Å²) in [7, 11) is 3.10. The van der Waals surface area contributed by atoms with Crippen molar-refractivity contribution in [2.24, 2.45) is 34.0 Å². The van der Waals surface area contributed by atoms with Crippen LogP contribution in [-0.4, -0.2) is 5.66 Å². The van der Waals surface area contributed by atoms with E-state index in [4.69, 9.17) is 0 Å². The molecule has 0 aromatic rings. The Balaban J connectivity index is 3.01.